The molecule has 0 aromatic heterocycles. The smallest absolute Gasteiger partial charge is 0.0163 e. The molecule has 1 aliphatic carbocycles. The van der Waals surface area contributed by atoms with Crippen LogP contribution in [0.1, 0.15) is 57.4 Å². The van der Waals surface area contributed by atoms with E-state index in [0.717, 1.165) is 12.3 Å². The number of hydrogen-bond acceptors (Lipinski definition) is 0. The molecule has 102 valence electrons. The van der Waals surface area contributed by atoms with E-state index in [1.54, 1.807) is 5.57 Å². The van der Waals surface area contributed by atoms with Crippen molar-refractivity contribution >= 4 is 5.57 Å². The maximum atomic E-state index is 4.29. The summed E-state index contributed by atoms with van der Waals surface area (Å²) in [6.45, 7) is 6.56. The zero-order chi connectivity index (χ0) is 13.5. The maximum absolute atomic E-state index is 4.29. The molecule has 0 radical (unpaired) electrons. The molecule has 0 heteroatoms. The fraction of sp³-hybridized carbons (Fsp3) is 0.474. The van der Waals surface area contributed by atoms with Gasteiger partial charge >= 0.3 is 0 Å². The Labute approximate surface area is 118 Å². The van der Waals surface area contributed by atoms with E-state index >= 15 is 0 Å². The molecule has 0 spiro atoms. The Kier molecular flexibility index (Phi) is 5.44. The molecule has 19 heavy (non-hydrogen) atoms. The van der Waals surface area contributed by atoms with Crippen molar-refractivity contribution in [3.05, 3.63) is 54.1 Å². The standard InChI is InChI=1S/C19H26/c1-3-4-6-12-18-13-9-14-19(18)15-16(2)17-10-7-5-8-11-17/h5,7-8,10-12,19H,2-4,6,9,13-15H2,1H3/b18-12-. The fourth-order valence-electron chi connectivity index (χ4n) is 3.02. The quantitative estimate of drug-likeness (QED) is 0.431. The summed E-state index contributed by atoms with van der Waals surface area (Å²) in [7, 11) is 0. The Balaban J connectivity index is 1.94. The highest BCUT2D eigenvalue weighted by Gasteiger charge is 2.21. The van der Waals surface area contributed by atoms with Crippen LogP contribution in [-0.2, 0) is 0 Å². The van der Waals surface area contributed by atoms with Crippen LogP contribution in [0.5, 0.6) is 0 Å². The third-order valence-corrected chi connectivity index (χ3v) is 4.18. The molecule has 0 bridgehead atoms. The molecule has 1 atom stereocenters. The third kappa shape index (κ3) is 4.09. The van der Waals surface area contributed by atoms with Crippen LogP contribution in [0.25, 0.3) is 5.57 Å². The van der Waals surface area contributed by atoms with Crippen LogP contribution in [0.3, 0.4) is 0 Å². The van der Waals surface area contributed by atoms with Crippen LogP contribution in [0.4, 0.5) is 0 Å². The Bertz CT molecular complexity index is 425. The van der Waals surface area contributed by atoms with Gasteiger partial charge in [-0.3, -0.25) is 0 Å². The van der Waals surface area contributed by atoms with E-state index in [9.17, 15) is 0 Å². The molecule has 0 amide bonds. The first-order valence-corrected chi connectivity index (χ1v) is 7.73. The predicted molar refractivity (Wildman–Crippen MR) is 85.0 cm³/mol. The highest BCUT2D eigenvalue weighted by molar-refractivity contribution is 5.63. The highest BCUT2D eigenvalue weighted by Crippen LogP contribution is 2.37. The van der Waals surface area contributed by atoms with Crippen molar-refractivity contribution < 1.29 is 0 Å². The van der Waals surface area contributed by atoms with Crippen LogP contribution in [0, 0.1) is 5.92 Å². The summed E-state index contributed by atoms with van der Waals surface area (Å²) in [4.78, 5) is 0. The van der Waals surface area contributed by atoms with Gasteiger partial charge in [0.25, 0.3) is 0 Å². The van der Waals surface area contributed by atoms with Gasteiger partial charge in [0.1, 0.15) is 0 Å². The normalized spacial score (nSPS) is 20.9. The van der Waals surface area contributed by atoms with E-state index in [-0.39, 0.29) is 0 Å². The minimum atomic E-state index is 0.754. The molecule has 1 aromatic carbocycles. The van der Waals surface area contributed by atoms with Crippen molar-refractivity contribution in [3.8, 4) is 0 Å². The van der Waals surface area contributed by atoms with Crippen molar-refractivity contribution in [1.29, 1.82) is 0 Å². The zero-order valence-electron chi connectivity index (χ0n) is 12.2. The van der Waals surface area contributed by atoms with Gasteiger partial charge in [-0.1, -0.05) is 68.3 Å². The minimum Gasteiger partial charge on any atom is -0.0952 e. The first-order valence-electron chi connectivity index (χ1n) is 7.73. The average molecular weight is 254 g/mol. The molecule has 0 aliphatic heterocycles. The first kappa shape index (κ1) is 14.1. The van der Waals surface area contributed by atoms with Crippen molar-refractivity contribution in [3.63, 3.8) is 0 Å². The summed E-state index contributed by atoms with van der Waals surface area (Å²) in [6.07, 6.45) is 11.6. The molecule has 0 saturated heterocycles. The van der Waals surface area contributed by atoms with Gasteiger partial charge in [-0.2, -0.15) is 0 Å². The Morgan fingerprint density at radius 3 is 2.84 bits per heavy atom. The van der Waals surface area contributed by atoms with Gasteiger partial charge in [0.2, 0.25) is 0 Å². The van der Waals surface area contributed by atoms with E-state index in [1.165, 1.54) is 49.7 Å². The molecular weight excluding hydrogens is 228 g/mol. The molecular formula is C19H26. The topological polar surface area (TPSA) is 0 Å². The number of hydrogen-bond donors (Lipinski definition) is 0. The van der Waals surface area contributed by atoms with E-state index in [2.05, 4.69) is 49.9 Å². The van der Waals surface area contributed by atoms with Crippen molar-refractivity contribution in [2.45, 2.75) is 51.9 Å². The van der Waals surface area contributed by atoms with E-state index in [0.29, 0.717) is 0 Å². The van der Waals surface area contributed by atoms with Crippen LogP contribution in [0.2, 0.25) is 0 Å². The number of benzene rings is 1. The molecule has 2 rings (SSSR count). The van der Waals surface area contributed by atoms with Gasteiger partial charge in [-0.05, 0) is 49.2 Å². The van der Waals surface area contributed by atoms with Gasteiger partial charge in [-0.25, -0.2) is 0 Å². The molecule has 0 nitrogen and oxygen atoms in total. The van der Waals surface area contributed by atoms with Crippen LogP contribution in [-0.4, -0.2) is 0 Å². The Morgan fingerprint density at radius 1 is 1.32 bits per heavy atom. The van der Waals surface area contributed by atoms with Gasteiger partial charge in [0.15, 0.2) is 0 Å². The average Bonchev–Trinajstić information content (AvgIpc) is 2.87. The van der Waals surface area contributed by atoms with E-state index in [4.69, 9.17) is 0 Å². The molecule has 1 saturated carbocycles. The summed E-state index contributed by atoms with van der Waals surface area (Å²) in [6, 6.07) is 10.6. The maximum Gasteiger partial charge on any atom is -0.0163 e. The third-order valence-electron chi connectivity index (χ3n) is 4.18. The van der Waals surface area contributed by atoms with Crippen LogP contribution in [0.15, 0.2) is 48.6 Å². The van der Waals surface area contributed by atoms with Gasteiger partial charge in [0, 0.05) is 0 Å². The monoisotopic (exact) mass is 254 g/mol. The number of unbranched alkanes of at least 4 members (excludes halogenated alkanes) is 2. The molecule has 1 aromatic rings. The van der Waals surface area contributed by atoms with Crippen LogP contribution >= 0.6 is 0 Å². The summed E-state index contributed by atoms with van der Waals surface area (Å²) in [5, 5.41) is 0. The predicted octanol–water partition coefficient (Wildman–Crippen LogP) is 6.01. The Hall–Kier alpha value is -1.30. The summed E-state index contributed by atoms with van der Waals surface area (Å²) < 4.78 is 0. The van der Waals surface area contributed by atoms with Gasteiger partial charge in [-0.15, -0.1) is 0 Å². The van der Waals surface area contributed by atoms with Crippen molar-refractivity contribution in [2.75, 3.05) is 0 Å². The molecule has 1 fully saturated rings. The summed E-state index contributed by atoms with van der Waals surface area (Å²) in [5.74, 6) is 0.754. The fourth-order valence-corrected chi connectivity index (χ4v) is 3.02. The lowest BCUT2D eigenvalue weighted by Crippen LogP contribution is -1.98. The molecule has 0 heterocycles. The zero-order valence-corrected chi connectivity index (χ0v) is 12.2. The van der Waals surface area contributed by atoms with E-state index < -0.39 is 0 Å². The van der Waals surface area contributed by atoms with Gasteiger partial charge in [0.05, 0.1) is 0 Å². The summed E-state index contributed by atoms with van der Waals surface area (Å²) >= 11 is 0. The largest absolute Gasteiger partial charge is 0.0952 e. The van der Waals surface area contributed by atoms with Crippen LogP contribution < -0.4 is 0 Å². The molecule has 1 aliphatic rings. The molecule has 0 N–H and O–H groups in total. The van der Waals surface area contributed by atoms with E-state index in [1.807, 2.05) is 0 Å². The highest BCUT2D eigenvalue weighted by atomic mass is 14.3. The lowest BCUT2D eigenvalue weighted by atomic mass is 9.91. The summed E-state index contributed by atoms with van der Waals surface area (Å²) in [5.41, 5.74) is 4.31. The number of allylic oxidation sites excluding steroid dienone is 3. The second-order valence-corrected chi connectivity index (χ2v) is 5.68. The number of rotatable bonds is 6. The van der Waals surface area contributed by atoms with Gasteiger partial charge < -0.3 is 0 Å². The van der Waals surface area contributed by atoms with Crippen molar-refractivity contribution in [1.82, 2.24) is 0 Å². The molecule has 1 unspecified atom stereocenters. The van der Waals surface area contributed by atoms with Crippen molar-refractivity contribution in [2.24, 2.45) is 5.92 Å². The Morgan fingerprint density at radius 2 is 2.11 bits per heavy atom. The second kappa shape index (κ2) is 7.33. The lowest BCUT2D eigenvalue weighted by Gasteiger charge is -2.14. The SMILES string of the molecule is C=C(CC1CCC/C1=C/CCCC)c1ccccc1. The minimum absolute atomic E-state index is 0.754. The lowest BCUT2D eigenvalue weighted by molar-refractivity contribution is 0.642. The first-order chi connectivity index (χ1) is 9.31. The second-order valence-electron chi connectivity index (χ2n) is 5.68.